The van der Waals surface area contributed by atoms with Crippen LogP contribution in [0.4, 0.5) is 5.69 Å². The van der Waals surface area contributed by atoms with Crippen LogP contribution in [0.1, 0.15) is 5.69 Å². The van der Waals surface area contributed by atoms with Gasteiger partial charge >= 0.3 is 0 Å². The van der Waals surface area contributed by atoms with Crippen LogP contribution in [-0.4, -0.2) is 14.9 Å². The Morgan fingerprint density at radius 1 is 1.29 bits per heavy atom. The van der Waals surface area contributed by atoms with Crippen LogP contribution in [0, 0.1) is 10.1 Å². The summed E-state index contributed by atoms with van der Waals surface area (Å²) in [5.41, 5.74) is 1.70. The minimum Gasteiger partial charge on any atom is -0.444 e. The zero-order valence-electron chi connectivity index (χ0n) is 12.0. The highest BCUT2D eigenvalue weighted by Crippen LogP contribution is 2.33. The first kappa shape index (κ1) is 15.3. The maximum absolute atomic E-state index is 10.8. The van der Waals surface area contributed by atoms with Gasteiger partial charge in [0.15, 0.2) is 4.34 Å². The number of thioether (sulfide) groups is 1. The molecule has 0 aliphatic rings. The Bertz CT molecular complexity index is 1010. The molecule has 0 fully saturated rings. The monoisotopic (exact) mass is 375 g/mol. The van der Waals surface area contributed by atoms with Gasteiger partial charge in [0.2, 0.25) is 5.89 Å². The summed E-state index contributed by atoms with van der Waals surface area (Å²) in [5, 5.41) is 12.8. The lowest BCUT2D eigenvalue weighted by Gasteiger charge is -1.91. The van der Waals surface area contributed by atoms with Gasteiger partial charge in [-0.15, -0.1) is 22.7 Å². The third-order valence-electron chi connectivity index (χ3n) is 3.19. The van der Waals surface area contributed by atoms with Gasteiger partial charge < -0.3 is 4.42 Å². The summed E-state index contributed by atoms with van der Waals surface area (Å²) in [5.74, 6) is 1.26. The van der Waals surface area contributed by atoms with Crippen LogP contribution in [0.5, 0.6) is 0 Å². The second-order valence-electron chi connectivity index (χ2n) is 4.80. The summed E-state index contributed by atoms with van der Waals surface area (Å²) >= 11 is 4.57. The molecule has 0 unspecified atom stereocenters. The predicted octanol–water partition coefficient (Wildman–Crippen LogP) is 5.21. The lowest BCUT2D eigenvalue weighted by atomic mass is 10.3. The normalized spacial score (nSPS) is 11.2. The lowest BCUT2D eigenvalue weighted by Crippen LogP contribution is -1.85. The molecule has 0 amide bonds. The molecule has 0 aliphatic carbocycles. The van der Waals surface area contributed by atoms with Gasteiger partial charge in [0.05, 0.1) is 25.7 Å². The van der Waals surface area contributed by atoms with Crippen molar-refractivity contribution in [2.45, 2.75) is 10.1 Å². The molecule has 24 heavy (non-hydrogen) atoms. The van der Waals surface area contributed by atoms with E-state index in [0.717, 1.165) is 25.1 Å². The molecule has 0 bridgehead atoms. The van der Waals surface area contributed by atoms with Crippen molar-refractivity contribution in [3.05, 3.63) is 57.8 Å². The Balaban J connectivity index is 1.49. The highest BCUT2D eigenvalue weighted by Gasteiger charge is 2.12. The Morgan fingerprint density at radius 2 is 2.21 bits per heavy atom. The molecule has 120 valence electrons. The van der Waals surface area contributed by atoms with E-state index in [4.69, 9.17) is 4.42 Å². The van der Waals surface area contributed by atoms with Crippen molar-refractivity contribution < 1.29 is 9.34 Å². The minimum atomic E-state index is -0.395. The zero-order valence-corrected chi connectivity index (χ0v) is 14.5. The van der Waals surface area contributed by atoms with Gasteiger partial charge in [-0.05, 0) is 17.5 Å². The van der Waals surface area contributed by atoms with Gasteiger partial charge in [0, 0.05) is 17.9 Å². The number of nitro benzene ring substituents is 1. The van der Waals surface area contributed by atoms with E-state index in [-0.39, 0.29) is 5.69 Å². The third-order valence-corrected chi connectivity index (χ3v) is 6.24. The molecule has 3 aromatic heterocycles. The standard InChI is InChI=1S/C15H9N3O3S3/c19-18(20)10-3-4-11-13(6-10)24-15(17-11)23-8-9-7-21-14(16-9)12-2-1-5-22-12/h1-7H,8H2. The van der Waals surface area contributed by atoms with E-state index in [1.54, 1.807) is 41.5 Å². The number of hydrogen-bond acceptors (Lipinski definition) is 8. The molecule has 4 rings (SSSR count). The summed E-state index contributed by atoms with van der Waals surface area (Å²) in [4.78, 5) is 20.4. The molecule has 1 aromatic carbocycles. The Labute approximate surface area is 148 Å². The third kappa shape index (κ3) is 3.05. The van der Waals surface area contributed by atoms with Crippen molar-refractivity contribution in [3.63, 3.8) is 0 Å². The van der Waals surface area contributed by atoms with Crippen molar-refractivity contribution in [1.29, 1.82) is 0 Å². The minimum absolute atomic E-state index is 0.0831. The second kappa shape index (κ2) is 6.34. The predicted molar refractivity (Wildman–Crippen MR) is 95.7 cm³/mol. The van der Waals surface area contributed by atoms with Gasteiger partial charge in [-0.3, -0.25) is 10.1 Å². The number of nitro groups is 1. The van der Waals surface area contributed by atoms with Crippen LogP contribution in [-0.2, 0) is 5.75 Å². The summed E-state index contributed by atoms with van der Waals surface area (Å²) in [6, 6.07) is 8.63. The van der Waals surface area contributed by atoms with Crippen LogP contribution >= 0.6 is 34.4 Å². The number of benzene rings is 1. The molecule has 3 heterocycles. The molecule has 0 radical (unpaired) electrons. The molecule has 0 N–H and O–H groups in total. The second-order valence-corrected chi connectivity index (χ2v) is 8.00. The van der Waals surface area contributed by atoms with E-state index >= 15 is 0 Å². The molecule has 0 saturated heterocycles. The fourth-order valence-corrected chi connectivity index (χ4v) is 4.72. The molecule has 0 aliphatic heterocycles. The van der Waals surface area contributed by atoms with Crippen LogP contribution in [0.15, 0.2) is 50.7 Å². The number of aromatic nitrogens is 2. The van der Waals surface area contributed by atoms with Crippen LogP contribution < -0.4 is 0 Å². The Hall–Kier alpha value is -2.23. The summed E-state index contributed by atoms with van der Waals surface area (Å²) < 4.78 is 7.16. The Morgan fingerprint density at radius 3 is 3.00 bits per heavy atom. The molecule has 6 nitrogen and oxygen atoms in total. The smallest absolute Gasteiger partial charge is 0.270 e. The number of nitrogens with zero attached hydrogens (tertiary/aromatic N) is 3. The van der Waals surface area contributed by atoms with Gasteiger partial charge in [0.25, 0.3) is 5.69 Å². The van der Waals surface area contributed by atoms with Gasteiger partial charge in [-0.25, -0.2) is 9.97 Å². The highest BCUT2D eigenvalue weighted by molar-refractivity contribution is 8.00. The van der Waals surface area contributed by atoms with E-state index < -0.39 is 4.92 Å². The average molecular weight is 375 g/mol. The summed E-state index contributed by atoms with van der Waals surface area (Å²) in [7, 11) is 0. The first-order valence-electron chi connectivity index (χ1n) is 6.85. The average Bonchev–Trinajstić information content (AvgIpc) is 3.30. The van der Waals surface area contributed by atoms with Crippen molar-refractivity contribution in [2.24, 2.45) is 0 Å². The summed E-state index contributed by atoms with van der Waals surface area (Å²) in [6.07, 6.45) is 1.65. The van der Waals surface area contributed by atoms with E-state index in [9.17, 15) is 10.1 Å². The van der Waals surface area contributed by atoms with Crippen molar-refractivity contribution in [3.8, 4) is 10.8 Å². The van der Waals surface area contributed by atoms with Gasteiger partial charge in [-0.2, -0.15) is 0 Å². The number of rotatable bonds is 5. The fourth-order valence-electron chi connectivity index (χ4n) is 2.09. The molecule has 0 saturated carbocycles. The topological polar surface area (TPSA) is 82.1 Å². The van der Waals surface area contributed by atoms with E-state index in [1.807, 2.05) is 17.5 Å². The SMILES string of the molecule is O=[N+]([O-])c1ccc2nc(SCc3coc(-c4cccs4)n3)sc2c1. The van der Waals surface area contributed by atoms with Gasteiger partial charge in [0.1, 0.15) is 6.26 Å². The number of oxazole rings is 1. The van der Waals surface area contributed by atoms with E-state index in [0.29, 0.717) is 11.6 Å². The van der Waals surface area contributed by atoms with Crippen molar-refractivity contribution in [2.75, 3.05) is 0 Å². The first-order chi connectivity index (χ1) is 11.7. The number of non-ortho nitro benzene ring substituents is 1. The fraction of sp³-hybridized carbons (Fsp3) is 0.0667. The molecule has 0 spiro atoms. The van der Waals surface area contributed by atoms with Crippen LogP contribution in [0.25, 0.3) is 21.0 Å². The van der Waals surface area contributed by atoms with Crippen LogP contribution in [0.2, 0.25) is 0 Å². The largest absolute Gasteiger partial charge is 0.444 e. The molecule has 0 atom stereocenters. The zero-order chi connectivity index (χ0) is 16.5. The summed E-state index contributed by atoms with van der Waals surface area (Å²) in [6.45, 7) is 0. The molecular weight excluding hydrogens is 366 g/mol. The lowest BCUT2D eigenvalue weighted by molar-refractivity contribution is -0.384. The highest BCUT2D eigenvalue weighted by atomic mass is 32.2. The number of hydrogen-bond donors (Lipinski definition) is 0. The number of fused-ring (bicyclic) bond motifs is 1. The molecule has 9 heteroatoms. The van der Waals surface area contributed by atoms with E-state index in [1.165, 1.54) is 17.4 Å². The quantitative estimate of drug-likeness (QED) is 0.270. The first-order valence-corrected chi connectivity index (χ1v) is 9.53. The van der Waals surface area contributed by atoms with E-state index in [2.05, 4.69) is 9.97 Å². The Kier molecular flexibility index (Phi) is 4.05. The molecular formula is C15H9N3O3S3. The maximum Gasteiger partial charge on any atom is 0.270 e. The maximum atomic E-state index is 10.8. The number of thiophene rings is 1. The van der Waals surface area contributed by atoms with Crippen LogP contribution in [0.3, 0.4) is 0 Å². The molecule has 4 aromatic rings. The van der Waals surface area contributed by atoms with Gasteiger partial charge in [-0.1, -0.05) is 17.8 Å². The number of thiazole rings is 1. The van der Waals surface area contributed by atoms with Crippen molar-refractivity contribution >= 4 is 50.3 Å². The van der Waals surface area contributed by atoms with Crippen molar-refractivity contribution in [1.82, 2.24) is 9.97 Å².